The Labute approximate surface area is 113 Å². The first-order chi connectivity index (χ1) is 8.97. The van der Waals surface area contributed by atoms with Crippen molar-refractivity contribution in [3.05, 3.63) is 52.2 Å². The molecule has 0 aliphatic rings. The van der Waals surface area contributed by atoms with E-state index in [1.165, 1.54) is 24.3 Å². The second kappa shape index (κ2) is 5.32. The molecule has 0 amide bonds. The molecule has 1 aromatic carbocycles. The molecule has 19 heavy (non-hydrogen) atoms. The van der Waals surface area contributed by atoms with Crippen LogP contribution in [0.4, 0.5) is 10.1 Å². The molecule has 1 heterocycles. The number of hydrogen-bond acceptors (Lipinski definition) is 3. The number of rotatable bonds is 4. The minimum absolute atomic E-state index is 0.138. The summed E-state index contributed by atoms with van der Waals surface area (Å²) in [4.78, 5) is 10.7. The monoisotopic (exact) mass is 283 g/mol. The summed E-state index contributed by atoms with van der Waals surface area (Å²) in [5.41, 5.74) is 0.904. The maximum Gasteiger partial charge on any atom is 0.371 e. The molecule has 0 fully saturated rings. The number of carbonyl (C=O) groups is 1. The van der Waals surface area contributed by atoms with Gasteiger partial charge in [-0.2, -0.15) is 0 Å². The number of aromatic carboxylic acids is 1. The quantitative estimate of drug-likeness (QED) is 0.898. The maximum atomic E-state index is 13.5. The van der Waals surface area contributed by atoms with Gasteiger partial charge in [0.15, 0.2) is 0 Å². The SMILES string of the molecule is Cc1oc(C(=O)O)cc1CNc1cc(Cl)ccc1F. The predicted octanol–water partition coefficient (Wildman–Crippen LogP) is 3.69. The number of benzene rings is 1. The van der Waals surface area contributed by atoms with Crippen molar-refractivity contribution in [2.45, 2.75) is 13.5 Å². The highest BCUT2D eigenvalue weighted by Gasteiger charge is 2.13. The Balaban J connectivity index is 2.14. The number of furan rings is 1. The number of aryl methyl sites for hydroxylation is 1. The van der Waals surface area contributed by atoms with E-state index < -0.39 is 11.8 Å². The second-order valence-corrected chi connectivity index (χ2v) is 4.41. The number of nitrogens with one attached hydrogen (secondary N) is 1. The van der Waals surface area contributed by atoms with E-state index in [2.05, 4.69) is 5.32 Å². The fraction of sp³-hybridized carbons (Fsp3) is 0.154. The summed E-state index contributed by atoms with van der Waals surface area (Å²) in [6, 6.07) is 5.58. The lowest BCUT2D eigenvalue weighted by atomic mass is 10.2. The molecule has 2 aromatic rings. The van der Waals surface area contributed by atoms with E-state index in [0.717, 1.165) is 0 Å². The largest absolute Gasteiger partial charge is 0.475 e. The molecule has 0 bridgehead atoms. The van der Waals surface area contributed by atoms with Crippen molar-refractivity contribution in [3.63, 3.8) is 0 Å². The van der Waals surface area contributed by atoms with Gasteiger partial charge in [-0.25, -0.2) is 9.18 Å². The Morgan fingerprint density at radius 3 is 2.84 bits per heavy atom. The first kappa shape index (κ1) is 13.4. The minimum atomic E-state index is -1.14. The number of anilines is 1. The Hall–Kier alpha value is -2.01. The average Bonchev–Trinajstić information content (AvgIpc) is 2.72. The van der Waals surface area contributed by atoms with Crippen LogP contribution < -0.4 is 5.32 Å². The number of halogens is 2. The number of hydrogen-bond donors (Lipinski definition) is 2. The molecule has 4 nitrogen and oxygen atoms in total. The van der Waals surface area contributed by atoms with Gasteiger partial charge in [0, 0.05) is 17.1 Å². The van der Waals surface area contributed by atoms with E-state index in [4.69, 9.17) is 21.1 Å². The van der Waals surface area contributed by atoms with Crippen LogP contribution >= 0.6 is 11.6 Å². The van der Waals surface area contributed by atoms with Crippen LogP contribution in [-0.4, -0.2) is 11.1 Å². The van der Waals surface area contributed by atoms with Gasteiger partial charge in [0.1, 0.15) is 11.6 Å². The lowest BCUT2D eigenvalue weighted by Crippen LogP contribution is -2.01. The lowest BCUT2D eigenvalue weighted by molar-refractivity contribution is 0.0661. The second-order valence-electron chi connectivity index (χ2n) is 3.97. The van der Waals surface area contributed by atoms with E-state index in [1.54, 1.807) is 6.92 Å². The Kier molecular flexibility index (Phi) is 3.76. The van der Waals surface area contributed by atoms with E-state index in [0.29, 0.717) is 16.3 Å². The van der Waals surface area contributed by atoms with Gasteiger partial charge < -0.3 is 14.8 Å². The summed E-state index contributed by atoms with van der Waals surface area (Å²) >= 11 is 5.77. The summed E-state index contributed by atoms with van der Waals surface area (Å²) in [6.07, 6.45) is 0. The smallest absolute Gasteiger partial charge is 0.371 e. The zero-order chi connectivity index (χ0) is 14.0. The standard InChI is InChI=1S/C13H11ClFNO3/c1-7-8(4-12(19-7)13(17)18)6-16-11-5-9(14)2-3-10(11)15/h2-5,16H,6H2,1H3,(H,17,18). The molecule has 6 heteroatoms. The van der Waals surface area contributed by atoms with Crippen molar-refractivity contribution in [2.75, 3.05) is 5.32 Å². The molecule has 100 valence electrons. The van der Waals surface area contributed by atoms with Gasteiger partial charge in [0.2, 0.25) is 5.76 Å². The lowest BCUT2D eigenvalue weighted by Gasteiger charge is -2.07. The number of carboxylic acids is 1. The molecular weight excluding hydrogens is 273 g/mol. The molecule has 0 aliphatic heterocycles. The zero-order valence-electron chi connectivity index (χ0n) is 10.0. The van der Waals surface area contributed by atoms with Gasteiger partial charge in [-0.3, -0.25) is 0 Å². The van der Waals surface area contributed by atoms with Gasteiger partial charge in [-0.05, 0) is 31.2 Å². The van der Waals surface area contributed by atoms with E-state index in [-0.39, 0.29) is 18.0 Å². The Morgan fingerprint density at radius 1 is 1.47 bits per heavy atom. The van der Waals surface area contributed by atoms with Crippen LogP contribution in [0.2, 0.25) is 5.02 Å². The Morgan fingerprint density at radius 2 is 2.21 bits per heavy atom. The van der Waals surface area contributed by atoms with Crippen molar-refractivity contribution in [2.24, 2.45) is 0 Å². The summed E-state index contributed by atoms with van der Waals surface area (Å²) in [6.45, 7) is 1.90. The zero-order valence-corrected chi connectivity index (χ0v) is 10.8. The normalized spacial score (nSPS) is 10.5. The van der Waals surface area contributed by atoms with E-state index in [9.17, 15) is 9.18 Å². The molecule has 0 unspecified atom stereocenters. The highest BCUT2D eigenvalue weighted by molar-refractivity contribution is 6.30. The van der Waals surface area contributed by atoms with Gasteiger partial charge in [0.25, 0.3) is 0 Å². The van der Waals surface area contributed by atoms with Crippen LogP contribution in [0.5, 0.6) is 0 Å². The van der Waals surface area contributed by atoms with Crippen LogP contribution in [-0.2, 0) is 6.54 Å². The van der Waals surface area contributed by atoms with Crippen LogP contribution in [0.25, 0.3) is 0 Å². The van der Waals surface area contributed by atoms with Gasteiger partial charge in [-0.15, -0.1) is 0 Å². The molecule has 1 aromatic heterocycles. The topological polar surface area (TPSA) is 62.5 Å². The van der Waals surface area contributed by atoms with Crippen molar-refractivity contribution in [1.82, 2.24) is 0 Å². The first-order valence-corrected chi connectivity index (χ1v) is 5.86. The Bertz CT molecular complexity index is 624. The highest BCUT2D eigenvalue weighted by atomic mass is 35.5. The van der Waals surface area contributed by atoms with Crippen molar-refractivity contribution in [3.8, 4) is 0 Å². The highest BCUT2D eigenvalue weighted by Crippen LogP contribution is 2.21. The fourth-order valence-corrected chi connectivity index (χ4v) is 1.80. The molecule has 2 rings (SSSR count). The van der Waals surface area contributed by atoms with Gasteiger partial charge >= 0.3 is 5.97 Å². The third-order valence-electron chi connectivity index (χ3n) is 2.63. The third kappa shape index (κ3) is 3.06. The maximum absolute atomic E-state index is 13.5. The van der Waals surface area contributed by atoms with Gasteiger partial charge in [-0.1, -0.05) is 11.6 Å². The van der Waals surface area contributed by atoms with E-state index in [1.807, 2.05) is 0 Å². The third-order valence-corrected chi connectivity index (χ3v) is 2.86. The van der Waals surface area contributed by atoms with Crippen molar-refractivity contribution >= 4 is 23.3 Å². The van der Waals surface area contributed by atoms with Crippen LogP contribution in [0.15, 0.2) is 28.7 Å². The van der Waals surface area contributed by atoms with Crippen molar-refractivity contribution in [1.29, 1.82) is 0 Å². The molecule has 0 spiro atoms. The number of carboxylic acid groups (broad SMARTS) is 1. The van der Waals surface area contributed by atoms with Crippen molar-refractivity contribution < 1.29 is 18.7 Å². The summed E-state index contributed by atoms with van der Waals surface area (Å²) in [7, 11) is 0. The summed E-state index contributed by atoms with van der Waals surface area (Å²) < 4.78 is 18.5. The molecule has 0 atom stereocenters. The molecular formula is C13H11ClFNO3. The summed E-state index contributed by atoms with van der Waals surface area (Å²) in [5, 5.41) is 12.1. The van der Waals surface area contributed by atoms with E-state index >= 15 is 0 Å². The minimum Gasteiger partial charge on any atom is -0.475 e. The van der Waals surface area contributed by atoms with Crippen LogP contribution in [0, 0.1) is 12.7 Å². The fourth-order valence-electron chi connectivity index (χ4n) is 1.62. The molecule has 0 aliphatic carbocycles. The van der Waals surface area contributed by atoms with Gasteiger partial charge in [0.05, 0.1) is 5.69 Å². The van der Waals surface area contributed by atoms with Crippen LogP contribution in [0.3, 0.4) is 0 Å². The molecule has 0 saturated heterocycles. The average molecular weight is 284 g/mol. The predicted molar refractivity (Wildman–Crippen MR) is 69.1 cm³/mol. The first-order valence-electron chi connectivity index (χ1n) is 5.49. The molecule has 2 N–H and O–H groups in total. The molecule has 0 radical (unpaired) electrons. The molecule has 0 saturated carbocycles. The van der Waals surface area contributed by atoms with Crippen LogP contribution in [0.1, 0.15) is 21.9 Å². The summed E-state index contributed by atoms with van der Waals surface area (Å²) in [5.74, 6) is -1.22.